The Morgan fingerprint density at radius 2 is 2.07 bits per heavy atom. The number of nitriles is 1. The average molecular weight is 442 g/mol. The number of benzene rings is 1. The van der Waals surface area contributed by atoms with E-state index in [1.165, 1.54) is 29.7 Å². The second-order valence-corrected chi connectivity index (χ2v) is 8.85. The predicted molar refractivity (Wildman–Crippen MR) is 118 cm³/mol. The van der Waals surface area contributed by atoms with Crippen molar-refractivity contribution in [3.05, 3.63) is 71.9 Å². The van der Waals surface area contributed by atoms with Crippen LogP contribution < -0.4 is 10.0 Å². The number of sulfonamides is 1. The number of nitrogens with zero attached hydrogens (tertiary/aromatic N) is 3. The maximum Gasteiger partial charge on any atom is 0.263 e. The van der Waals surface area contributed by atoms with Crippen molar-refractivity contribution < 1.29 is 15.7 Å². The monoisotopic (exact) mass is 441 g/mol. The molecule has 0 fully saturated rings. The molecule has 3 aromatic heterocycles. The second-order valence-electron chi connectivity index (χ2n) is 6.27. The normalized spacial score (nSPS) is 11.1. The Morgan fingerprint density at radius 3 is 2.77 bits per heavy atom. The van der Waals surface area contributed by atoms with Gasteiger partial charge in [0, 0.05) is 31.3 Å². The van der Waals surface area contributed by atoms with Crippen LogP contribution in [-0.2, 0) is 10.0 Å². The maximum absolute atomic E-state index is 12.6. The molecule has 0 aliphatic heterocycles. The minimum absolute atomic E-state index is 0. The summed E-state index contributed by atoms with van der Waals surface area (Å²) in [6.45, 7) is 1.88. The summed E-state index contributed by atoms with van der Waals surface area (Å²) < 4.78 is 32.8. The molecule has 8 nitrogen and oxygen atoms in total. The van der Waals surface area contributed by atoms with Gasteiger partial charge >= 0.3 is 0 Å². The van der Waals surface area contributed by atoms with Gasteiger partial charge in [-0.25, -0.2) is 13.4 Å². The highest BCUT2D eigenvalue weighted by atomic mass is 32.2. The molecule has 0 amide bonds. The van der Waals surface area contributed by atoms with Gasteiger partial charge in [-0.15, -0.1) is 11.3 Å². The van der Waals surface area contributed by atoms with Crippen molar-refractivity contribution in [1.82, 2.24) is 9.97 Å². The Labute approximate surface area is 179 Å². The molecule has 1 aromatic carbocycles. The van der Waals surface area contributed by atoms with Crippen LogP contribution in [-0.4, -0.2) is 18.4 Å². The Hall–Kier alpha value is -3.68. The summed E-state index contributed by atoms with van der Waals surface area (Å²) in [5.41, 5.74) is 3.83. The van der Waals surface area contributed by atoms with E-state index in [1.807, 2.05) is 25.1 Å². The van der Waals surface area contributed by atoms with E-state index >= 15 is 0 Å². The molecule has 0 radical (unpaired) electrons. The lowest BCUT2D eigenvalue weighted by Gasteiger charge is -2.14. The minimum Gasteiger partial charge on any atom is -0.472 e. The zero-order chi connectivity index (χ0) is 21.1. The van der Waals surface area contributed by atoms with Gasteiger partial charge in [-0.2, -0.15) is 5.26 Å². The number of anilines is 3. The zero-order valence-electron chi connectivity index (χ0n) is 15.7. The van der Waals surface area contributed by atoms with Gasteiger partial charge in [0.1, 0.15) is 6.07 Å². The number of aryl methyl sites for hydroxylation is 1. The summed E-state index contributed by atoms with van der Waals surface area (Å²) in [5.74, 6) is 0. The summed E-state index contributed by atoms with van der Waals surface area (Å²) in [7, 11) is -3.86. The largest absolute Gasteiger partial charge is 0.472 e. The molecule has 10 heteroatoms. The van der Waals surface area contributed by atoms with Crippen molar-refractivity contribution in [1.29, 1.82) is 5.26 Å². The van der Waals surface area contributed by atoms with Gasteiger partial charge in [0.2, 0.25) is 0 Å². The van der Waals surface area contributed by atoms with Gasteiger partial charge in [-0.05, 0) is 37.3 Å². The lowest BCUT2D eigenvalue weighted by Crippen LogP contribution is -2.13. The van der Waals surface area contributed by atoms with E-state index in [0.29, 0.717) is 11.4 Å². The number of hydrogen-bond acceptors (Lipinski definition) is 8. The van der Waals surface area contributed by atoms with Crippen LogP contribution in [0.15, 0.2) is 69.9 Å². The molecule has 30 heavy (non-hydrogen) atoms. The number of thiazole rings is 1. The van der Waals surface area contributed by atoms with Crippen molar-refractivity contribution in [2.24, 2.45) is 0 Å². The lowest BCUT2D eigenvalue weighted by molar-refractivity contribution is 0.568. The number of nitrogens with one attached hydrogen (secondary N) is 2. The van der Waals surface area contributed by atoms with Crippen LogP contribution in [0.4, 0.5) is 16.5 Å². The van der Waals surface area contributed by atoms with Crippen LogP contribution in [0, 0.1) is 18.3 Å². The summed E-state index contributed by atoms with van der Waals surface area (Å²) >= 11 is 1.17. The quantitative estimate of drug-likeness (QED) is 0.431. The minimum atomic E-state index is -3.86. The molecule has 3 heterocycles. The Morgan fingerprint density at radius 1 is 1.20 bits per heavy atom. The van der Waals surface area contributed by atoms with Crippen molar-refractivity contribution in [2.45, 2.75) is 11.8 Å². The fourth-order valence-electron chi connectivity index (χ4n) is 2.80. The van der Waals surface area contributed by atoms with E-state index in [9.17, 15) is 13.7 Å². The van der Waals surface area contributed by atoms with E-state index < -0.39 is 10.0 Å². The fraction of sp³-hybridized carbons (Fsp3) is 0.0500. The van der Waals surface area contributed by atoms with Crippen LogP contribution in [0.1, 0.15) is 14.1 Å². The molecule has 0 bridgehead atoms. The van der Waals surface area contributed by atoms with Crippen molar-refractivity contribution in [3.8, 4) is 17.2 Å². The highest BCUT2D eigenvalue weighted by molar-refractivity contribution is 7.93. The molecule has 0 atom stereocenters. The van der Waals surface area contributed by atoms with E-state index in [4.69, 9.17) is 4.42 Å². The predicted octanol–water partition coefficient (Wildman–Crippen LogP) is 5.01. The molecule has 0 unspecified atom stereocenters. The molecule has 154 valence electrons. The third-order valence-electron chi connectivity index (χ3n) is 4.22. The lowest BCUT2D eigenvalue weighted by atomic mass is 10.1. The van der Waals surface area contributed by atoms with Crippen molar-refractivity contribution in [2.75, 3.05) is 10.0 Å². The van der Waals surface area contributed by atoms with Crippen LogP contribution >= 0.6 is 11.3 Å². The molecular formula is C20H19N5O3S2. The molecule has 0 aliphatic rings. The van der Waals surface area contributed by atoms with Crippen LogP contribution in [0.3, 0.4) is 0 Å². The number of hydrogen-bond donors (Lipinski definition) is 2. The number of pyridine rings is 1. The summed E-state index contributed by atoms with van der Waals surface area (Å²) in [6.07, 6.45) is 6.35. The summed E-state index contributed by atoms with van der Waals surface area (Å²) in [6, 6.07) is 10.1. The van der Waals surface area contributed by atoms with Crippen LogP contribution in [0.5, 0.6) is 0 Å². The topological polar surface area (TPSA) is 121 Å². The average Bonchev–Trinajstić information content (AvgIpc) is 3.43. The molecule has 0 saturated carbocycles. The molecule has 0 spiro atoms. The molecule has 0 saturated heterocycles. The highest BCUT2D eigenvalue weighted by Crippen LogP contribution is 2.32. The van der Waals surface area contributed by atoms with Gasteiger partial charge in [0.25, 0.3) is 10.0 Å². The first-order valence-corrected chi connectivity index (χ1v) is 11.1. The van der Waals surface area contributed by atoms with E-state index in [-0.39, 0.29) is 18.4 Å². The molecule has 2 N–H and O–H groups in total. The van der Waals surface area contributed by atoms with Crippen molar-refractivity contribution in [3.63, 3.8) is 0 Å². The Kier molecular flexibility index (Phi) is 5.22. The third-order valence-corrected chi connectivity index (χ3v) is 6.37. The van der Waals surface area contributed by atoms with Crippen LogP contribution in [0.25, 0.3) is 11.1 Å². The van der Waals surface area contributed by atoms with E-state index in [2.05, 4.69) is 20.0 Å². The van der Waals surface area contributed by atoms with Gasteiger partial charge < -0.3 is 9.73 Å². The zero-order valence-corrected chi connectivity index (χ0v) is 17.3. The first-order chi connectivity index (χ1) is 14.5. The Balaban J connectivity index is 0.00000181. The standard InChI is InChI=1S/C20H15N5O3S2.2H2/c1-13-8-17(14-4-6-28-12-14)19(11-23-13)24-18-3-2-16(9-15(18)10-21)30(26,27)25-20-22-5-7-29-20;;/h2-9,11-12,24H,1H3,(H,22,25);2*1H. The molecule has 4 rings (SSSR count). The Bertz CT molecular complexity index is 1340. The highest BCUT2D eigenvalue weighted by Gasteiger charge is 2.18. The summed E-state index contributed by atoms with van der Waals surface area (Å²) in [4.78, 5) is 8.20. The summed E-state index contributed by atoms with van der Waals surface area (Å²) in [5, 5.41) is 14.7. The van der Waals surface area contributed by atoms with Gasteiger partial charge in [0.15, 0.2) is 5.13 Å². The maximum atomic E-state index is 12.6. The molecule has 4 aromatic rings. The van der Waals surface area contributed by atoms with Crippen LogP contribution in [0.2, 0.25) is 0 Å². The van der Waals surface area contributed by atoms with Gasteiger partial charge in [0.05, 0.1) is 40.6 Å². The number of furan rings is 1. The van der Waals surface area contributed by atoms with E-state index in [1.54, 1.807) is 30.2 Å². The SMILES string of the molecule is Cc1cc(-c2ccoc2)c(Nc2ccc(S(=O)(=O)Nc3nccs3)cc2C#N)cn1.[HH].[HH]. The van der Waals surface area contributed by atoms with Gasteiger partial charge in [-0.1, -0.05) is 0 Å². The first kappa shape index (κ1) is 19.6. The third kappa shape index (κ3) is 4.03. The van der Waals surface area contributed by atoms with Gasteiger partial charge in [-0.3, -0.25) is 9.71 Å². The fourth-order valence-corrected chi connectivity index (χ4v) is 4.62. The van der Waals surface area contributed by atoms with Crippen molar-refractivity contribution >= 4 is 37.9 Å². The first-order valence-electron chi connectivity index (χ1n) is 8.69. The second kappa shape index (κ2) is 7.98. The molecular weight excluding hydrogens is 422 g/mol. The smallest absolute Gasteiger partial charge is 0.263 e. The van der Waals surface area contributed by atoms with E-state index in [0.717, 1.165) is 16.8 Å². The number of aromatic nitrogens is 2. The molecule has 0 aliphatic carbocycles. The number of rotatable bonds is 6.